The van der Waals surface area contributed by atoms with Crippen LogP contribution in [0.25, 0.3) is 0 Å². The first-order chi connectivity index (χ1) is 9.60. The molecule has 2 aromatic carbocycles. The number of nitrogens with one attached hydrogen (secondary N) is 1. The van der Waals surface area contributed by atoms with Crippen molar-refractivity contribution in [2.75, 3.05) is 6.54 Å². The molecule has 0 aliphatic heterocycles. The smallest absolute Gasteiger partial charge is 0.0551 e. The maximum absolute atomic E-state index is 6.21. The first-order valence-electron chi connectivity index (χ1n) is 6.84. The summed E-state index contributed by atoms with van der Waals surface area (Å²) in [6.07, 6.45) is 0.966. The van der Waals surface area contributed by atoms with Gasteiger partial charge in [0.2, 0.25) is 0 Å². The van der Waals surface area contributed by atoms with E-state index in [4.69, 9.17) is 11.6 Å². The van der Waals surface area contributed by atoms with E-state index in [1.54, 1.807) is 0 Å². The highest BCUT2D eigenvalue weighted by Crippen LogP contribution is 2.27. The second-order valence-corrected chi connectivity index (χ2v) is 6.24. The third-order valence-electron chi connectivity index (χ3n) is 3.32. The maximum atomic E-state index is 6.21. The van der Waals surface area contributed by atoms with Crippen molar-refractivity contribution in [3.05, 3.63) is 68.7 Å². The normalized spacial score (nSPS) is 12.4. The van der Waals surface area contributed by atoms with Crippen LogP contribution in [0.3, 0.4) is 0 Å². The Kier molecular flexibility index (Phi) is 5.64. The second kappa shape index (κ2) is 7.26. The molecule has 0 aromatic heterocycles. The second-order valence-electron chi connectivity index (χ2n) is 4.98. The van der Waals surface area contributed by atoms with Gasteiger partial charge < -0.3 is 5.32 Å². The molecule has 0 fully saturated rings. The van der Waals surface area contributed by atoms with Crippen molar-refractivity contribution >= 4 is 27.5 Å². The first-order valence-corrected chi connectivity index (χ1v) is 8.01. The summed E-state index contributed by atoms with van der Waals surface area (Å²) in [5.74, 6) is 0. The molecule has 1 atom stereocenters. The number of likely N-dealkylation sites (N-methyl/N-ethyl adjacent to an activating group) is 1. The summed E-state index contributed by atoms with van der Waals surface area (Å²) >= 11 is 9.65. The van der Waals surface area contributed by atoms with E-state index in [0.717, 1.165) is 22.5 Å². The van der Waals surface area contributed by atoms with Gasteiger partial charge in [-0.25, -0.2) is 0 Å². The molecular formula is C17H19BrClN. The van der Waals surface area contributed by atoms with Crippen molar-refractivity contribution in [1.29, 1.82) is 0 Å². The molecule has 3 heteroatoms. The van der Waals surface area contributed by atoms with Crippen LogP contribution < -0.4 is 5.32 Å². The van der Waals surface area contributed by atoms with E-state index in [9.17, 15) is 0 Å². The molecule has 0 saturated carbocycles. The van der Waals surface area contributed by atoms with Crippen LogP contribution in [-0.4, -0.2) is 6.54 Å². The van der Waals surface area contributed by atoms with Crippen LogP contribution in [0.1, 0.15) is 29.7 Å². The van der Waals surface area contributed by atoms with Crippen LogP contribution in [0.15, 0.2) is 46.9 Å². The Morgan fingerprint density at radius 2 is 2.00 bits per heavy atom. The van der Waals surface area contributed by atoms with E-state index in [2.05, 4.69) is 65.4 Å². The van der Waals surface area contributed by atoms with E-state index in [-0.39, 0.29) is 6.04 Å². The third-order valence-corrected chi connectivity index (χ3v) is 4.55. The van der Waals surface area contributed by atoms with Gasteiger partial charge in [-0.05, 0) is 59.1 Å². The Balaban J connectivity index is 2.24. The van der Waals surface area contributed by atoms with Crippen molar-refractivity contribution < 1.29 is 0 Å². The predicted octanol–water partition coefficient (Wildman–Crippen LogP) is 5.30. The SMILES string of the molecule is CCNC(Cc1cccc(C)c1)c1ccc(Br)c(Cl)c1. The quantitative estimate of drug-likeness (QED) is 0.769. The average molecular weight is 353 g/mol. The lowest BCUT2D eigenvalue weighted by Gasteiger charge is -2.19. The molecule has 1 nitrogen and oxygen atoms in total. The maximum Gasteiger partial charge on any atom is 0.0551 e. The molecule has 106 valence electrons. The van der Waals surface area contributed by atoms with Gasteiger partial charge >= 0.3 is 0 Å². The molecule has 1 unspecified atom stereocenters. The molecule has 0 aliphatic rings. The molecular weight excluding hydrogens is 334 g/mol. The van der Waals surface area contributed by atoms with Gasteiger partial charge in [0.25, 0.3) is 0 Å². The summed E-state index contributed by atoms with van der Waals surface area (Å²) in [6.45, 7) is 5.19. The van der Waals surface area contributed by atoms with Gasteiger partial charge in [0.1, 0.15) is 0 Å². The fraction of sp³-hybridized carbons (Fsp3) is 0.294. The Morgan fingerprint density at radius 1 is 1.20 bits per heavy atom. The fourth-order valence-electron chi connectivity index (χ4n) is 2.36. The monoisotopic (exact) mass is 351 g/mol. The van der Waals surface area contributed by atoms with Crippen LogP contribution in [-0.2, 0) is 6.42 Å². The highest BCUT2D eigenvalue weighted by molar-refractivity contribution is 9.10. The van der Waals surface area contributed by atoms with E-state index in [1.165, 1.54) is 16.7 Å². The topological polar surface area (TPSA) is 12.0 Å². The molecule has 0 bridgehead atoms. The molecule has 0 aliphatic carbocycles. The molecule has 0 saturated heterocycles. The summed E-state index contributed by atoms with van der Waals surface area (Å²) in [7, 11) is 0. The summed E-state index contributed by atoms with van der Waals surface area (Å²) in [4.78, 5) is 0. The highest BCUT2D eigenvalue weighted by atomic mass is 79.9. The summed E-state index contributed by atoms with van der Waals surface area (Å²) in [5.41, 5.74) is 3.86. The van der Waals surface area contributed by atoms with Gasteiger partial charge in [-0.1, -0.05) is 54.4 Å². The number of benzene rings is 2. The minimum Gasteiger partial charge on any atom is -0.310 e. The van der Waals surface area contributed by atoms with Gasteiger partial charge in [-0.15, -0.1) is 0 Å². The highest BCUT2D eigenvalue weighted by Gasteiger charge is 2.12. The summed E-state index contributed by atoms with van der Waals surface area (Å²) < 4.78 is 0.939. The number of hydrogen-bond acceptors (Lipinski definition) is 1. The molecule has 0 heterocycles. The Morgan fingerprint density at radius 3 is 2.65 bits per heavy atom. The lowest BCUT2D eigenvalue weighted by Crippen LogP contribution is -2.23. The van der Waals surface area contributed by atoms with E-state index in [1.807, 2.05) is 12.1 Å². The molecule has 1 N–H and O–H groups in total. The summed E-state index contributed by atoms with van der Waals surface area (Å²) in [5, 5.41) is 4.30. The number of halogens is 2. The summed E-state index contributed by atoms with van der Waals surface area (Å²) in [6, 6.07) is 15.1. The van der Waals surface area contributed by atoms with Crippen LogP contribution in [0.5, 0.6) is 0 Å². The number of aryl methyl sites for hydroxylation is 1. The van der Waals surface area contributed by atoms with E-state index < -0.39 is 0 Å². The lowest BCUT2D eigenvalue weighted by atomic mass is 9.98. The van der Waals surface area contributed by atoms with Crippen LogP contribution in [0, 0.1) is 6.92 Å². The third kappa shape index (κ3) is 4.08. The largest absolute Gasteiger partial charge is 0.310 e. The first kappa shape index (κ1) is 15.6. The standard InChI is InChI=1S/C17H19BrClN/c1-3-20-17(10-13-6-4-5-12(2)9-13)14-7-8-15(18)16(19)11-14/h4-9,11,17,20H,3,10H2,1-2H3. The van der Waals surface area contributed by atoms with Crippen molar-refractivity contribution in [1.82, 2.24) is 5.32 Å². The van der Waals surface area contributed by atoms with Crippen LogP contribution in [0.2, 0.25) is 5.02 Å². The molecule has 20 heavy (non-hydrogen) atoms. The van der Waals surface area contributed by atoms with Gasteiger partial charge in [0, 0.05) is 10.5 Å². The van der Waals surface area contributed by atoms with Gasteiger partial charge in [-0.2, -0.15) is 0 Å². The van der Waals surface area contributed by atoms with Gasteiger partial charge in [-0.3, -0.25) is 0 Å². The van der Waals surface area contributed by atoms with Gasteiger partial charge in [0.05, 0.1) is 5.02 Å². The lowest BCUT2D eigenvalue weighted by molar-refractivity contribution is 0.549. The van der Waals surface area contributed by atoms with Gasteiger partial charge in [0.15, 0.2) is 0 Å². The van der Waals surface area contributed by atoms with Crippen LogP contribution >= 0.6 is 27.5 Å². The van der Waals surface area contributed by atoms with Crippen molar-refractivity contribution in [3.63, 3.8) is 0 Å². The zero-order chi connectivity index (χ0) is 14.5. The van der Waals surface area contributed by atoms with Crippen molar-refractivity contribution in [2.24, 2.45) is 0 Å². The van der Waals surface area contributed by atoms with E-state index >= 15 is 0 Å². The van der Waals surface area contributed by atoms with Crippen molar-refractivity contribution in [3.8, 4) is 0 Å². The number of rotatable bonds is 5. The minimum absolute atomic E-state index is 0.285. The van der Waals surface area contributed by atoms with E-state index in [0.29, 0.717) is 0 Å². The molecule has 0 amide bonds. The average Bonchev–Trinajstić information content (AvgIpc) is 2.41. The van der Waals surface area contributed by atoms with Crippen molar-refractivity contribution in [2.45, 2.75) is 26.3 Å². The number of hydrogen-bond donors (Lipinski definition) is 1. The molecule has 2 rings (SSSR count). The predicted molar refractivity (Wildman–Crippen MR) is 90.5 cm³/mol. The zero-order valence-electron chi connectivity index (χ0n) is 11.8. The van der Waals surface area contributed by atoms with Crippen LogP contribution in [0.4, 0.5) is 0 Å². The Bertz CT molecular complexity index is 583. The fourth-order valence-corrected chi connectivity index (χ4v) is 2.79. The molecule has 2 aromatic rings. The Hall–Kier alpha value is -0.830. The minimum atomic E-state index is 0.285. The molecule has 0 spiro atoms. The molecule has 0 radical (unpaired) electrons. The zero-order valence-corrected chi connectivity index (χ0v) is 14.1. The Labute approximate surface area is 134 Å².